The van der Waals surface area contributed by atoms with Gasteiger partial charge in [0.15, 0.2) is 35.7 Å². The first-order valence-corrected chi connectivity index (χ1v) is 11.1. The molecule has 1 aliphatic heterocycles. The molecule has 0 unspecified atom stereocenters. The van der Waals surface area contributed by atoms with Crippen LogP contribution < -0.4 is 23.5 Å². The molecule has 6 heteroatoms. The van der Waals surface area contributed by atoms with Crippen LogP contribution in [0.1, 0.15) is 16.7 Å². The summed E-state index contributed by atoms with van der Waals surface area (Å²) in [5.74, 6) is 2.86. The lowest BCUT2D eigenvalue weighted by atomic mass is 9.95. The van der Waals surface area contributed by atoms with Crippen molar-refractivity contribution < 1.29 is 23.5 Å². The molecule has 0 saturated carbocycles. The molecule has 0 radical (unpaired) electrons. The van der Waals surface area contributed by atoms with E-state index in [1.165, 1.54) is 5.56 Å². The minimum atomic E-state index is 0.378. The fourth-order valence-electron chi connectivity index (χ4n) is 4.47. The first kappa shape index (κ1) is 21.6. The maximum absolute atomic E-state index is 9.02. The van der Waals surface area contributed by atoms with Crippen LogP contribution in [0.15, 0.2) is 60.8 Å². The molecule has 3 aromatic carbocycles. The van der Waals surface area contributed by atoms with E-state index in [4.69, 9.17) is 24.2 Å². The number of benzene rings is 3. The molecular formula is C28H25N2O4+. The van der Waals surface area contributed by atoms with Crippen molar-refractivity contribution in [3.63, 3.8) is 0 Å². The van der Waals surface area contributed by atoms with Crippen LogP contribution >= 0.6 is 0 Å². The Kier molecular flexibility index (Phi) is 5.69. The average Bonchev–Trinajstić information content (AvgIpc) is 2.89. The number of nitriles is 1. The molecular weight excluding hydrogens is 428 g/mol. The summed E-state index contributed by atoms with van der Waals surface area (Å²) in [6.07, 6.45) is 3.03. The van der Waals surface area contributed by atoms with Gasteiger partial charge in [0.25, 0.3) is 0 Å². The number of ether oxygens (including phenoxy) is 4. The molecule has 0 amide bonds. The van der Waals surface area contributed by atoms with Crippen LogP contribution in [0.2, 0.25) is 0 Å². The average molecular weight is 454 g/mol. The van der Waals surface area contributed by atoms with Crippen LogP contribution in [0.5, 0.6) is 23.0 Å². The number of hydrogen-bond acceptors (Lipinski definition) is 5. The quantitative estimate of drug-likeness (QED) is 0.392. The van der Waals surface area contributed by atoms with E-state index in [2.05, 4.69) is 41.1 Å². The predicted octanol–water partition coefficient (Wildman–Crippen LogP) is 4.83. The molecule has 34 heavy (non-hydrogen) atoms. The van der Waals surface area contributed by atoms with E-state index in [1.54, 1.807) is 33.5 Å². The van der Waals surface area contributed by atoms with Crippen molar-refractivity contribution in [2.45, 2.75) is 19.6 Å². The summed E-state index contributed by atoms with van der Waals surface area (Å²) >= 11 is 0. The monoisotopic (exact) mass is 453 g/mol. The first-order valence-electron chi connectivity index (χ1n) is 11.1. The predicted molar refractivity (Wildman–Crippen MR) is 128 cm³/mol. The van der Waals surface area contributed by atoms with Crippen LogP contribution in [-0.4, -0.2) is 21.3 Å². The van der Waals surface area contributed by atoms with Crippen molar-refractivity contribution in [2.75, 3.05) is 21.3 Å². The number of hydrogen-bond donors (Lipinski definition) is 0. The molecule has 6 nitrogen and oxygen atoms in total. The molecule has 0 bridgehead atoms. The van der Waals surface area contributed by atoms with Crippen molar-refractivity contribution in [1.82, 2.24) is 0 Å². The SMILES string of the molecule is COc1cc2c(cc1OC)-c1cc3ccc(OC)c(OCc4ccc(C#N)cc4)c3c[n+]1CC2. The number of pyridine rings is 1. The summed E-state index contributed by atoms with van der Waals surface area (Å²) in [5.41, 5.74) is 5.12. The Bertz CT molecular complexity index is 1420. The van der Waals surface area contributed by atoms with E-state index in [0.717, 1.165) is 52.1 Å². The third-order valence-electron chi connectivity index (χ3n) is 6.27. The van der Waals surface area contributed by atoms with E-state index < -0.39 is 0 Å². The van der Waals surface area contributed by atoms with Gasteiger partial charge < -0.3 is 18.9 Å². The highest BCUT2D eigenvalue weighted by Gasteiger charge is 2.27. The second kappa shape index (κ2) is 8.95. The van der Waals surface area contributed by atoms with E-state index >= 15 is 0 Å². The second-order valence-corrected chi connectivity index (χ2v) is 8.16. The van der Waals surface area contributed by atoms with Gasteiger partial charge in [-0.15, -0.1) is 0 Å². The molecule has 0 N–H and O–H groups in total. The molecule has 1 aliphatic rings. The van der Waals surface area contributed by atoms with Crippen LogP contribution in [0, 0.1) is 11.3 Å². The summed E-state index contributed by atoms with van der Waals surface area (Å²) in [5, 5.41) is 11.1. The zero-order valence-corrected chi connectivity index (χ0v) is 19.4. The van der Waals surface area contributed by atoms with Crippen molar-refractivity contribution in [2.24, 2.45) is 0 Å². The zero-order chi connectivity index (χ0) is 23.7. The topological polar surface area (TPSA) is 64.6 Å². The van der Waals surface area contributed by atoms with Gasteiger partial charge in [0.1, 0.15) is 6.61 Å². The van der Waals surface area contributed by atoms with Gasteiger partial charge in [-0.2, -0.15) is 9.83 Å². The maximum atomic E-state index is 9.02. The largest absolute Gasteiger partial charge is 0.493 e. The van der Waals surface area contributed by atoms with Gasteiger partial charge in [0, 0.05) is 12.5 Å². The fraction of sp³-hybridized carbons (Fsp3) is 0.214. The molecule has 0 spiro atoms. The smallest absolute Gasteiger partial charge is 0.213 e. The van der Waals surface area contributed by atoms with E-state index in [-0.39, 0.29) is 0 Å². The van der Waals surface area contributed by atoms with Crippen molar-refractivity contribution in [3.05, 3.63) is 77.5 Å². The van der Waals surface area contributed by atoms with Crippen molar-refractivity contribution >= 4 is 10.8 Å². The number of methoxy groups -OCH3 is 3. The fourth-order valence-corrected chi connectivity index (χ4v) is 4.47. The molecule has 170 valence electrons. The Balaban J connectivity index is 1.57. The summed E-state index contributed by atoms with van der Waals surface area (Å²) in [6, 6.07) is 19.9. The van der Waals surface area contributed by atoms with Crippen molar-refractivity contribution in [1.29, 1.82) is 5.26 Å². The van der Waals surface area contributed by atoms with Gasteiger partial charge >= 0.3 is 0 Å². The lowest BCUT2D eigenvalue weighted by Gasteiger charge is -2.19. The van der Waals surface area contributed by atoms with E-state index in [1.807, 2.05) is 18.2 Å². The lowest BCUT2D eigenvalue weighted by Crippen LogP contribution is -2.40. The number of fused-ring (bicyclic) bond motifs is 4. The van der Waals surface area contributed by atoms with Crippen LogP contribution in [-0.2, 0) is 19.6 Å². The molecule has 2 heterocycles. The van der Waals surface area contributed by atoms with Crippen LogP contribution in [0.3, 0.4) is 0 Å². The minimum absolute atomic E-state index is 0.378. The van der Waals surface area contributed by atoms with Gasteiger partial charge in [-0.1, -0.05) is 12.1 Å². The van der Waals surface area contributed by atoms with Gasteiger partial charge in [0.2, 0.25) is 5.69 Å². The Morgan fingerprint density at radius 1 is 0.882 bits per heavy atom. The first-order chi connectivity index (χ1) is 16.6. The molecule has 0 atom stereocenters. The summed E-state index contributed by atoms with van der Waals surface area (Å²) in [7, 11) is 4.97. The van der Waals surface area contributed by atoms with Gasteiger partial charge in [0.05, 0.1) is 43.9 Å². The van der Waals surface area contributed by atoms with Crippen molar-refractivity contribution in [3.8, 4) is 40.3 Å². The summed E-state index contributed by atoms with van der Waals surface area (Å²) in [4.78, 5) is 0. The third kappa shape index (κ3) is 3.75. The van der Waals surface area contributed by atoms with Gasteiger partial charge in [-0.05, 0) is 52.9 Å². The van der Waals surface area contributed by atoms with E-state index in [9.17, 15) is 0 Å². The Morgan fingerprint density at radius 3 is 2.32 bits per heavy atom. The highest BCUT2D eigenvalue weighted by molar-refractivity contribution is 5.91. The number of aromatic nitrogens is 1. The zero-order valence-electron chi connectivity index (χ0n) is 19.4. The molecule has 0 aliphatic carbocycles. The van der Waals surface area contributed by atoms with E-state index in [0.29, 0.717) is 23.7 Å². The highest BCUT2D eigenvalue weighted by atomic mass is 16.5. The minimum Gasteiger partial charge on any atom is -0.493 e. The lowest BCUT2D eigenvalue weighted by molar-refractivity contribution is -0.686. The molecule has 1 aromatic heterocycles. The number of nitrogens with zero attached hydrogens (tertiary/aromatic N) is 2. The molecule has 4 aromatic rings. The Hall–Kier alpha value is -4.24. The molecule has 0 saturated heterocycles. The second-order valence-electron chi connectivity index (χ2n) is 8.16. The van der Waals surface area contributed by atoms with Gasteiger partial charge in [-0.25, -0.2) is 0 Å². The molecule has 5 rings (SSSR count). The third-order valence-corrected chi connectivity index (χ3v) is 6.27. The standard InChI is InChI=1S/C28H25N2O4/c1-31-25-9-8-20-12-24-22-14-27(33-3)26(32-2)13-21(22)10-11-30(24)16-23(20)28(25)34-17-19-6-4-18(15-29)5-7-19/h4-9,12-14,16H,10-11,17H2,1-3H3/q+1. The maximum Gasteiger partial charge on any atom is 0.213 e. The summed E-state index contributed by atoms with van der Waals surface area (Å²) < 4.78 is 25.2. The molecule has 0 fully saturated rings. The van der Waals surface area contributed by atoms with Crippen LogP contribution in [0.4, 0.5) is 0 Å². The van der Waals surface area contributed by atoms with Crippen LogP contribution in [0.25, 0.3) is 22.0 Å². The number of aryl methyl sites for hydroxylation is 2. The normalized spacial score (nSPS) is 11.8. The Morgan fingerprint density at radius 2 is 1.62 bits per heavy atom. The van der Waals surface area contributed by atoms with Gasteiger partial charge in [-0.3, -0.25) is 0 Å². The number of rotatable bonds is 6. The summed E-state index contributed by atoms with van der Waals surface area (Å²) in [6.45, 7) is 1.22. The highest BCUT2D eigenvalue weighted by Crippen LogP contribution is 2.40. The Labute approximate surface area is 198 Å².